The van der Waals surface area contributed by atoms with Gasteiger partial charge in [0, 0.05) is 15.7 Å². The van der Waals surface area contributed by atoms with Crippen LogP contribution in [0.5, 0.6) is 0 Å². The van der Waals surface area contributed by atoms with Gasteiger partial charge in [-0.2, -0.15) is 0 Å². The van der Waals surface area contributed by atoms with E-state index in [0.717, 1.165) is 10.8 Å². The summed E-state index contributed by atoms with van der Waals surface area (Å²) in [5, 5.41) is 22.4. The van der Waals surface area contributed by atoms with Crippen LogP contribution in [0.15, 0.2) is 36.4 Å². The van der Waals surface area contributed by atoms with Gasteiger partial charge in [-0.05, 0) is 17.0 Å². The highest BCUT2D eigenvalue weighted by Gasteiger charge is 2.20. The van der Waals surface area contributed by atoms with E-state index < -0.39 is 12.2 Å². The maximum atomic E-state index is 10.1. The summed E-state index contributed by atoms with van der Waals surface area (Å²) in [7, 11) is 0. The van der Waals surface area contributed by atoms with Crippen LogP contribution in [0.25, 0.3) is 10.8 Å². The Bertz CT molecular complexity index is 525. The summed E-state index contributed by atoms with van der Waals surface area (Å²) in [6.45, 7) is 0. The average Bonchev–Trinajstić information content (AvgIpc) is 2.36. The third-order valence-corrected chi connectivity index (χ3v) is 3.71. The molecule has 0 aliphatic heterocycles. The summed E-state index contributed by atoms with van der Waals surface area (Å²) in [6.07, 6.45) is -1.80. The highest BCUT2D eigenvalue weighted by atomic mass is 79.9. The molecule has 0 amide bonds. The van der Waals surface area contributed by atoms with Crippen LogP contribution in [0.4, 0.5) is 0 Å². The summed E-state index contributed by atoms with van der Waals surface area (Å²) in [4.78, 5) is 0. The summed E-state index contributed by atoms with van der Waals surface area (Å²) >= 11 is 9.30. The van der Waals surface area contributed by atoms with Crippen LogP contribution in [0, 0.1) is 0 Å². The largest absolute Gasteiger partial charge is 0.389 e. The number of hydrogen-bond acceptors (Lipinski definition) is 2. The number of rotatable bonds is 3. The Morgan fingerprint density at radius 1 is 1.12 bits per heavy atom. The number of halogens is 2. The third-order valence-electron chi connectivity index (χ3n) is 2.73. The summed E-state index contributed by atoms with van der Waals surface area (Å²) in [6, 6.07) is 11.1. The van der Waals surface area contributed by atoms with Gasteiger partial charge in [0.25, 0.3) is 0 Å². The molecule has 0 spiro atoms. The Morgan fingerprint density at radius 3 is 2.41 bits per heavy atom. The molecule has 90 valence electrons. The number of benzene rings is 2. The molecule has 0 bridgehead atoms. The molecule has 2 rings (SSSR count). The molecule has 0 aliphatic carbocycles. The summed E-state index contributed by atoms with van der Waals surface area (Å²) in [5.74, 6) is 0. The van der Waals surface area contributed by atoms with Gasteiger partial charge in [-0.25, -0.2) is 0 Å². The van der Waals surface area contributed by atoms with Crippen molar-refractivity contribution in [1.29, 1.82) is 0 Å². The van der Waals surface area contributed by atoms with Crippen molar-refractivity contribution in [2.24, 2.45) is 0 Å². The fourth-order valence-electron chi connectivity index (χ4n) is 1.86. The van der Waals surface area contributed by atoms with E-state index in [0.29, 0.717) is 15.9 Å². The van der Waals surface area contributed by atoms with Gasteiger partial charge < -0.3 is 10.2 Å². The van der Waals surface area contributed by atoms with Crippen molar-refractivity contribution in [2.45, 2.75) is 12.2 Å². The molecule has 2 nitrogen and oxygen atoms in total. The molecule has 0 aromatic heterocycles. The van der Waals surface area contributed by atoms with E-state index in [1.807, 2.05) is 24.3 Å². The number of aliphatic hydroxyl groups is 2. The minimum absolute atomic E-state index is 0.314. The SMILES string of the molecule is OC(CBr)C(O)c1cccc2cccc(Cl)c12. The highest BCUT2D eigenvalue weighted by molar-refractivity contribution is 9.09. The van der Waals surface area contributed by atoms with Crippen LogP contribution in [-0.4, -0.2) is 21.6 Å². The van der Waals surface area contributed by atoms with Crippen molar-refractivity contribution in [1.82, 2.24) is 0 Å². The second-order valence-electron chi connectivity index (χ2n) is 3.85. The van der Waals surface area contributed by atoms with E-state index in [9.17, 15) is 10.2 Å². The Hall–Kier alpha value is -0.610. The standard InChI is InChI=1S/C13H12BrClO2/c14-7-11(16)13(17)9-5-1-3-8-4-2-6-10(15)12(8)9/h1-6,11,13,16-17H,7H2. The van der Waals surface area contributed by atoms with Gasteiger partial charge in [0.15, 0.2) is 0 Å². The zero-order chi connectivity index (χ0) is 12.4. The molecule has 0 radical (unpaired) electrons. The Labute approximate surface area is 113 Å². The Morgan fingerprint density at radius 2 is 1.76 bits per heavy atom. The molecule has 2 unspecified atom stereocenters. The van der Waals surface area contributed by atoms with Gasteiger partial charge in [0.1, 0.15) is 6.10 Å². The predicted octanol–water partition coefficient (Wildman–Crippen LogP) is 3.28. The first-order valence-corrected chi connectivity index (χ1v) is 6.74. The monoisotopic (exact) mass is 314 g/mol. The van der Waals surface area contributed by atoms with Crippen LogP contribution in [0.2, 0.25) is 5.02 Å². The third kappa shape index (κ3) is 2.47. The molecular weight excluding hydrogens is 303 g/mol. The molecule has 17 heavy (non-hydrogen) atoms. The molecule has 0 aliphatic rings. The Kier molecular flexibility index (Phi) is 4.05. The second kappa shape index (κ2) is 5.36. The van der Waals surface area contributed by atoms with E-state index in [-0.39, 0.29) is 0 Å². The maximum Gasteiger partial charge on any atom is 0.106 e. The van der Waals surface area contributed by atoms with Crippen LogP contribution in [0.3, 0.4) is 0 Å². The molecular formula is C13H12BrClO2. The molecule has 2 aromatic rings. The fourth-order valence-corrected chi connectivity index (χ4v) is 2.51. The van der Waals surface area contributed by atoms with Crippen molar-refractivity contribution >= 4 is 38.3 Å². The topological polar surface area (TPSA) is 40.5 Å². The van der Waals surface area contributed by atoms with E-state index in [2.05, 4.69) is 15.9 Å². The van der Waals surface area contributed by atoms with Crippen molar-refractivity contribution in [3.63, 3.8) is 0 Å². The van der Waals surface area contributed by atoms with E-state index >= 15 is 0 Å². The summed E-state index contributed by atoms with van der Waals surface area (Å²) in [5.41, 5.74) is 0.653. The molecule has 0 saturated carbocycles. The number of hydrogen-bond donors (Lipinski definition) is 2. The lowest BCUT2D eigenvalue weighted by Crippen LogP contribution is -2.19. The summed E-state index contributed by atoms with van der Waals surface area (Å²) < 4.78 is 0. The highest BCUT2D eigenvalue weighted by Crippen LogP contribution is 2.32. The van der Waals surface area contributed by atoms with Crippen LogP contribution >= 0.6 is 27.5 Å². The zero-order valence-electron chi connectivity index (χ0n) is 8.98. The van der Waals surface area contributed by atoms with Gasteiger partial charge in [0.2, 0.25) is 0 Å². The van der Waals surface area contributed by atoms with Gasteiger partial charge >= 0.3 is 0 Å². The van der Waals surface area contributed by atoms with Gasteiger partial charge in [-0.1, -0.05) is 57.9 Å². The van der Waals surface area contributed by atoms with E-state index in [1.54, 1.807) is 12.1 Å². The molecule has 0 fully saturated rings. The lowest BCUT2D eigenvalue weighted by molar-refractivity contribution is 0.0352. The second-order valence-corrected chi connectivity index (χ2v) is 4.91. The molecule has 0 heterocycles. The zero-order valence-corrected chi connectivity index (χ0v) is 11.3. The number of alkyl halides is 1. The smallest absolute Gasteiger partial charge is 0.106 e. The molecule has 2 atom stereocenters. The molecule has 4 heteroatoms. The minimum atomic E-state index is -0.946. The number of fused-ring (bicyclic) bond motifs is 1. The first kappa shape index (κ1) is 12.8. The van der Waals surface area contributed by atoms with Gasteiger partial charge in [0.05, 0.1) is 6.10 Å². The van der Waals surface area contributed by atoms with Crippen LogP contribution in [-0.2, 0) is 0 Å². The first-order chi connectivity index (χ1) is 8.15. The molecule has 2 aromatic carbocycles. The van der Waals surface area contributed by atoms with Crippen molar-refractivity contribution in [3.05, 3.63) is 47.0 Å². The van der Waals surface area contributed by atoms with Crippen LogP contribution < -0.4 is 0 Å². The van der Waals surface area contributed by atoms with E-state index in [1.165, 1.54) is 0 Å². The normalized spacial score (nSPS) is 14.8. The average molecular weight is 316 g/mol. The van der Waals surface area contributed by atoms with Crippen molar-refractivity contribution in [2.75, 3.05) is 5.33 Å². The number of aliphatic hydroxyl groups excluding tert-OH is 2. The maximum absolute atomic E-state index is 10.1. The van der Waals surface area contributed by atoms with Crippen molar-refractivity contribution in [3.8, 4) is 0 Å². The van der Waals surface area contributed by atoms with Crippen LogP contribution in [0.1, 0.15) is 11.7 Å². The predicted molar refractivity (Wildman–Crippen MR) is 73.7 cm³/mol. The lowest BCUT2D eigenvalue weighted by atomic mass is 9.98. The first-order valence-electron chi connectivity index (χ1n) is 5.24. The van der Waals surface area contributed by atoms with E-state index in [4.69, 9.17) is 11.6 Å². The quantitative estimate of drug-likeness (QED) is 0.853. The fraction of sp³-hybridized carbons (Fsp3) is 0.231. The van der Waals surface area contributed by atoms with Gasteiger partial charge in [-0.15, -0.1) is 0 Å². The molecule has 0 saturated heterocycles. The Balaban J connectivity index is 2.61. The minimum Gasteiger partial charge on any atom is -0.389 e. The van der Waals surface area contributed by atoms with Gasteiger partial charge in [-0.3, -0.25) is 0 Å². The lowest BCUT2D eigenvalue weighted by Gasteiger charge is -2.18. The molecule has 2 N–H and O–H groups in total. The van der Waals surface area contributed by atoms with Crippen molar-refractivity contribution < 1.29 is 10.2 Å².